The molecule has 3 rings (SSSR count). The molecule has 30 heavy (non-hydrogen) atoms. The van der Waals surface area contributed by atoms with E-state index in [1.807, 2.05) is 0 Å². The first-order valence-corrected chi connectivity index (χ1v) is 10.2. The van der Waals surface area contributed by atoms with Crippen LogP contribution in [0.25, 0.3) is 0 Å². The summed E-state index contributed by atoms with van der Waals surface area (Å²) < 4.78 is 46.4. The SMILES string of the molecule is C=[N+](c1ccc(OCCN2CCOCC2)c(F)c1F)N(C)C1(C(=O)OC)CCCC1. The van der Waals surface area contributed by atoms with Crippen LogP contribution in [0.4, 0.5) is 14.5 Å². The van der Waals surface area contributed by atoms with Crippen LogP contribution in [0, 0.1) is 11.6 Å². The van der Waals surface area contributed by atoms with Crippen molar-refractivity contribution in [2.45, 2.75) is 31.2 Å². The number of hydrazine groups is 1. The number of morpholine rings is 1. The minimum atomic E-state index is -1.07. The summed E-state index contributed by atoms with van der Waals surface area (Å²) in [6, 6.07) is 2.80. The number of likely N-dealkylation sites (N-methyl/N-ethyl adjacent to an activating group) is 1. The Bertz CT molecular complexity index is 778. The van der Waals surface area contributed by atoms with Crippen LogP contribution < -0.4 is 4.74 Å². The maximum Gasteiger partial charge on any atom is 0.337 e. The highest BCUT2D eigenvalue weighted by molar-refractivity contribution is 5.81. The monoisotopic (exact) mass is 426 g/mol. The zero-order valence-corrected chi connectivity index (χ0v) is 17.7. The quantitative estimate of drug-likeness (QED) is 0.275. The first-order chi connectivity index (χ1) is 14.4. The summed E-state index contributed by atoms with van der Waals surface area (Å²) in [5.74, 6) is -2.70. The van der Waals surface area contributed by atoms with E-state index in [1.54, 1.807) is 12.1 Å². The summed E-state index contributed by atoms with van der Waals surface area (Å²) in [5, 5.41) is 1.54. The van der Waals surface area contributed by atoms with Gasteiger partial charge in [-0.05, 0) is 18.9 Å². The lowest BCUT2D eigenvalue weighted by Gasteiger charge is -2.32. The molecule has 7 nitrogen and oxygen atoms in total. The molecule has 0 radical (unpaired) electrons. The highest BCUT2D eigenvalue weighted by Gasteiger charge is 2.51. The van der Waals surface area contributed by atoms with E-state index in [0.717, 1.165) is 25.9 Å². The Hall–Kier alpha value is -2.26. The van der Waals surface area contributed by atoms with E-state index >= 15 is 0 Å². The van der Waals surface area contributed by atoms with Gasteiger partial charge >= 0.3 is 5.97 Å². The second kappa shape index (κ2) is 9.70. The van der Waals surface area contributed by atoms with Gasteiger partial charge in [-0.3, -0.25) is 4.90 Å². The molecule has 9 heteroatoms. The number of halogens is 2. The number of ether oxygens (including phenoxy) is 3. The van der Waals surface area contributed by atoms with Crippen LogP contribution in [0.15, 0.2) is 12.1 Å². The lowest BCUT2D eigenvalue weighted by molar-refractivity contribution is -0.628. The zero-order chi connectivity index (χ0) is 21.7. The fraction of sp³-hybridized carbons (Fsp3) is 0.619. The van der Waals surface area contributed by atoms with E-state index in [-0.39, 0.29) is 18.0 Å². The first kappa shape index (κ1) is 22.4. The number of rotatable bonds is 8. The Labute approximate surface area is 175 Å². The van der Waals surface area contributed by atoms with Crippen molar-refractivity contribution in [1.29, 1.82) is 0 Å². The van der Waals surface area contributed by atoms with Crippen LogP contribution >= 0.6 is 0 Å². The molecular formula is C21H30F2N3O4+. The van der Waals surface area contributed by atoms with Gasteiger partial charge in [-0.1, -0.05) is 17.5 Å². The van der Waals surface area contributed by atoms with Gasteiger partial charge < -0.3 is 14.2 Å². The van der Waals surface area contributed by atoms with Gasteiger partial charge in [-0.25, -0.2) is 4.79 Å². The van der Waals surface area contributed by atoms with Gasteiger partial charge in [0, 0.05) is 25.7 Å². The maximum atomic E-state index is 14.8. The van der Waals surface area contributed by atoms with Crippen molar-refractivity contribution in [3.05, 3.63) is 23.8 Å². The molecule has 1 aromatic rings. The van der Waals surface area contributed by atoms with Crippen molar-refractivity contribution in [1.82, 2.24) is 9.91 Å². The summed E-state index contributed by atoms with van der Waals surface area (Å²) in [6.07, 6.45) is 2.82. The molecule has 0 unspecified atom stereocenters. The third-order valence-electron chi connectivity index (χ3n) is 6.05. The minimum absolute atomic E-state index is 0.0780. The van der Waals surface area contributed by atoms with Gasteiger partial charge in [-0.15, -0.1) is 0 Å². The summed E-state index contributed by atoms with van der Waals surface area (Å²) in [6.45, 7) is 7.63. The molecule has 0 atom stereocenters. The van der Waals surface area contributed by atoms with Gasteiger partial charge in [-0.2, -0.15) is 13.8 Å². The Morgan fingerprint density at radius 1 is 1.27 bits per heavy atom. The summed E-state index contributed by atoms with van der Waals surface area (Å²) in [4.78, 5) is 14.6. The topological polar surface area (TPSA) is 54.2 Å². The molecule has 1 aliphatic carbocycles. The fourth-order valence-corrected chi connectivity index (χ4v) is 4.14. The van der Waals surface area contributed by atoms with Crippen molar-refractivity contribution >= 4 is 18.4 Å². The van der Waals surface area contributed by atoms with Crippen LogP contribution in [-0.2, 0) is 14.3 Å². The van der Waals surface area contributed by atoms with Crippen LogP contribution in [0.5, 0.6) is 5.75 Å². The molecule has 166 valence electrons. The molecule has 2 aliphatic rings. The number of hydrazone groups is 1. The number of hydrogen-bond acceptors (Lipinski definition) is 6. The van der Waals surface area contributed by atoms with Crippen LogP contribution in [0.3, 0.4) is 0 Å². The Balaban J connectivity index is 1.70. The van der Waals surface area contributed by atoms with Gasteiger partial charge in [0.05, 0.1) is 27.4 Å². The largest absolute Gasteiger partial charge is 0.489 e. The molecule has 1 saturated carbocycles. The number of carbonyl (C=O) groups excluding carboxylic acids is 1. The summed E-state index contributed by atoms with van der Waals surface area (Å²) >= 11 is 0. The number of methoxy groups -OCH3 is 1. The Morgan fingerprint density at radius 3 is 2.57 bits per heavy atom. The van der Waals surface area contributed by atoms with Crippen LogP contribution in [0.2, 0.25) is 0 Å². The van der Waals surface area contributed by atoms with Crippen LogP contribution in [-0.4, -0.2) is 86.4 Å². The average molecular weight is 426 g/mol. The first-order valence-electron chi connectivity index (χ1n) is 10.2. The standard InChI is InChI=1S/C21H30F2N3O4/c1-24(25(2)21(20(27)28-3)8-4-5-9-21)16-6-7-17(19(23)18(16)22)30-15-12-26-10-13-29-14-11-26/h6-7H,1,4-5,8-15H2,2-3H3/q+1. The molecule has 0 bridgehead atoms. The third-order valence-corrected chi connectivity index (χ3v) is 6.05. The molecule has 0 N–H and O–H groups in total. The van der Waals surface area contributed by atoms with Gasteiger partial charge in [0.2, 0.25) is 11.6 Å². The van der Waals surface area contributed by atoms with Gasteiger partial charge in [0.1, 0.15) is 6.61 Å². The van der Waals surface area contributed by atoms with Crippen molar-refractivity contribution < 1.29 is 32.5 Å². The smallest absolute Gasteiger partial charge is 0.337 e. The molecular weight excluding hydrogens is 396 g/mol. The number of carbonyl (C=O) groups is 1. The van der Waals surface area contributed by atoms with Crippen molar-refractivity contribution in [2.75, 3.05) is 53.6 Å². The third kappa shape index (κ3) is 4.41. The lowest BCUT2D eigenvalue weighted by atomic mass is 9.97. The van der Waals surface area contributed by atoms with E-state index in [2.05, 4.69) is 11.6 Å². The van der Waals surface area contributed by atoms with E-state index in [4.69, 9.17) is 14.2 Å². The molecule has 0 spiro atoms. The normalized spacial score (nSPS) is 18.8. The van der Waals surface area contributed by atoms with Gasteiger partial charge in [0.25, 0.3) is 5.69 Å². The molecule has 1 aliphatic heterocycles. The minimum Gasteiger partial charge on any atom is -0.489 e. The molecule has 1 saturated heterocycles. The van der Waals surface area contributed by atoms with Gasteiger partial charge in [0.15, 0.2) is 18.0 Å². The number of nitrogens with zero attached hydrogens (tertiary/aromatic N) is 3. The molecule has 1 aromatic carbocycles. The summed E-state index contributed by atoms with van der Waals surface area (Å²) in [7, 11) is 2.96. The second-order valence-corrected chi connectivity index (χ2v) is 7.67. The summed E-state index contributed by atoms with van der Waals surface area (Å²) in [5.41, 5.74) is -1.02. The predicted molar refractivity (Wildman–Crippen MR) is 107 cm³/mol. The molecule has 1 heterocycles. The van der Waals surface area contributed by atoms with Crippen molar-refractivity contribution in [2.24, 2.45) is 0 Å². The van der Waals surface area contributed by atoms with Crippen molar-refractivity contribution in [3.63, 3.8) is 0 Å². The maximum absolute atomic E-state index is 14.8. The lowest BCUT2D eigenvalue weighted by Crippen LogP contribution is -2.54. The van der Waals surface area contributed by atoms with E-state index in [1.165, 1.54) is 23.9 Å². The van der Waals surface area contributed by atoms with Crippen LogP contribution in [0.1, 0.15) is 25.7 Å². The van der Waals surface area contributed by atoms with E-state index in [0.29, 0.717) is 32.6 Å². The Morgan fingerprint density at radius 2 is 1.93 bits per heavy atom. The zero-order valence-electron chi connectivity index (χ0n) is 17.7. The van der Waals surface area contributed by atoms with E-state index in [9.17, 15) is 13.6 Å². The average Bonchev–Trinajstić information content (AvgIpc) is 3.27. The second-order valence-electron chi connectivity index (χ2n) is 7.67. The predicted octanol–water partition coefficient (Wildman–Crippen LogP) is 2.35. The van der Waals surface area contributed by atoms with Crippen molar-refractivity contribution in [3.8, 4) is 5.75 Å². The number of hydrogen-bond donors (Lipinski definition) is 0. The number of benzene rings is 1. The van der Waals surface area contributed by atoms with E-state index < -0.39 is 23.1 Å². The molecule has 2 fully saturated rings. The molecule has 0 aromatic heterocycles. The highest BCUT2D eigenvalue weighted by atomic mass is 19.2. The molecule has 0 amide bonds. The fourth-order valence-electron chi connectivity index (χ4n) is 4.14. The highest BCUT2D eigenvalue weighted by Crippen LogP contribution is 2.38. The number of esters is 1. The Kier molecular flexibility index (Phi) is 7.25.